The average Bonchev–Trinajstić information content (AvgIpc) is 1.96. The standard InChI is InChI=1S/C12H23N/c1-9(2)8-12(10(3)4)7-6-11(5)13/h6-7,9-10H,8,13H2,1-5H3/b11-6+,12-7+. The molecule has 0 aliphatic carbocycles. The van der Waals surface area contributed by atoms with Crippen LogP contribution in [0.3, 0.4) is 0 Å². The van der Waals surface area contributed by atoms with Crippen LogP contribution < -0.4 is 5.73 Å². The summed E-state index contributed by atoms with van der Waals surface area (Å²) in [6.07, 6.45) is 5.33. The van der Waals surface area contributed by atoms with Crippen LogP contribution in [0.1, 0.15) is 41.0 Å². The second-order valence-corrected chi connectivity index (χ2v) is 4.40. The summed E-state index contributed by atoms with van der Waals surface area (Å²) in [4.78, 5) is 0. The molecule has 2 N–H and O–H groups in total. The Hall–Kier alpha value is -0.720. The molecule has 0 bridgehead atoms. The highest BCUT2D eigenvalue weighted by Crippen LogP contribution is 2.19. The zero-order valence-electron chi connectivity index (χ0n) is 9.59. The molecule has 0 heterocycles. The van der Waals surface area contributed by atoms with Crippen molar-refractivity contribution >= 4 is 0 Å². The maximum atomic E-state index is 5.59. The van der Waals surface area contributed by atoms with Crippen molar-refractivity contribution in [2.45, 2.75) is 41.0 Å². The van der Waals surface area contributed by atoms with E-state index in [1.165, 1.54) is 12.0 Å². The van der Waals surface area contributed by atoms with Gasteiger partial charge in [0.1, 0.15) is 0 Å². The van der Waals surface area contributed by atoms with E-state index >= 15 is 0 Å². The van der Waals surface area contributed by atoms with Crippen molar-refractivity contribution in [1.82, 2.24) is 0 Å². The van der Waals surface area contributed by atoms with Crippen molar-refractivity contribution in [3.8, 4) is 0 Å². The molecule has 0 radical (unpaired) electrons. The van der Waals surface area contributed by atoms with Crippen molar-refractivity contribution in [1.29, 1.82) is 0 Å². The molecular formula is C12H23N. The van der Waals surface area contributed by atoms with E-state index in [2.05, 4.69) is 33.8 Å². The largest absolute Gasteiger partial charge is 0.402 e. The fourth-order valence-electron chi connectivity index (χ4n) is 1.21. The monoisotopic (exact) mass is 181 g/mol. The van der Waals surface area contributed by atoms with E-state index in [0.717, 1.165) is 11.6 Å². The second kappa shape index (κ2) is 5.85. The van der Waals surface area contributed by atoms with Crippen LogP contribution in [0.25, 0.3) is 0 Å². The van der Waals surface area contributed by atoms with Gasteiger partial charge < -0.3 is 5.73 Å². The van der Waals surface area contributed by atoms with E-state index in [4.69, 9.17) is 5.73 Å². The lowest BCUT2D eigenvalue weighted by Crippen LogP contribution is -1.99. The normalized spacial score (nSPS) is 14.4. The molecule has 13 heavy (non-hydrogen) atoms. The van der Waals surface area contributed by atoms with Crippen LogP contribution in [-0.2, 0) is 0 Å². The van der Waals surface area contributed by atoms with Crippen molar-refractivity contribution in [3.05, 3.63) is 23.4 Å². The molecule has 0 spiro atoms. The van der Waals surface area contributed by atoms with Gasteiger partial charge in [0.15, 0.2) is 0 Å². The Kier molecular flexibility index (Phi) is 5.52. The molecule has 76 valence electrons. The Morgan fingerprint density at radius 1 is 1.15 bits per heavy atom. The summed E-state index contributed by atoms with van der Waals surface area (Å²) >= 11 is 0. The Morgan fingerprint density at radius 3 is 2.00 bits per heavy atom. The third-order valence-electron chi connectivity index (χ3n) is 1.95. The molecule has 0 amide bonds. The Morgan fingerprint density at radius 2 is 1.69 bits per heavy atom. The summed E-state index contributed by atoms with van der Waals surface area (Å²) in [6, 6.07) is 0. The fourth-order valence-corrected chi connectivity index (χ4v) is 1.21. The minimum absolute atomic E-state index is 0.623. The molecule has 0 rings (SSSR count). The van der Waals surface area contributed by atoms with E-state index in [9.17, 15) is 0 Å². The first kappa shape index (κ1) is 12.3. The number of rotatable bonds is 4. The van der Waals surface area contributed by atoms with E-state index in [1.54, 1.807) is 0 Å². The van der Waals surface area contributed by atoms with Gasteiger partial charge in [-0.2, -0.15) is 0 Å². The van der Waals surface area contributed by atoms with Crippen LogP contribution in [-0.4, -0.2) is 0 Å². The van der Waals surface area contributed by atoms with Crippen LogP contribution in [0.5, 0.6) is 0 Å². The highest BCUT2D eigenvalue weighted by molar-refractivity contribution is 5.16. The predicted molar refractivity (Wildman–Crippen MR) is 60.3 cm³/mol. The van der Waals surface area contributed by atoms with Gasteiger partial charge >= 0.3 is 0 Å². The van der Waals surface area contributed by atoms with Crippen molar-refractivity contribution in [2.75, 3.05) is 0 Å². The maximum absolute atomic E-state index is 5.59. The molecule has 0 aromatic carbocycles. The third kappa shape index (κ3) is 6.44. The zero-order chi connectivity index (χ0) is 10.4. The van der Waals surface area contributed by atoms with Gasteiger partial charge in [-0.3, -0.25) is 0 Å². The Balaban J connectivity index is 4.42. The maximum Gasteiger partial charge on any atom is 0.00488 e. The number of hydrogen-bond donors (Lipinski definition) is 1. The number of nitrogens with two attached hydrogens (primary N) is 1. The van der Waals surface area contributed by atoms with Crippen LogP contribution >= 0.6 is 0 Å². The average molecular weight is 181 g/mol. The first-order valence-corrected chi connectivity index (χ1v) is 5.06. The van der Waals surface area contributed by atoms with Crippen LogP contribution in [0.2, 0.25) is 0 Å². The number of hydrogen-bond acceptors (Lipinski definition) is 1. The van der Waals surface area contributed by atoms with Gasteiger partial charge in [-0.05, 0) is 31.3 Å². The first-order valence-electron chi connectivity index (χ1n) is 5.06. The molecule has 0 atom stereocenters. The molecule has 0 aromatic heterocycles. The van der Waals surface area contributed by atoms with Crippen LogP contribution in [0.15, 0.2) is 23.4 Å². The molecule has 1 nitrogen and oxygen atoms in total. The van der Waals surface area contributed by atoms with Gasteiger partial charge in [0.25, 0.3) is 0 Å². The summed E-state index contributed by atoms with van der Waals surface area (Å²) in [5.41, 5.74) is 7.95. The van der Waals surface area contributed by atoms with Gasteiger partial charge in [-0.15, -0.1) is 0 Å². The highest BCUT2D eigenvalue weighted by Gasteiger charge is 2.04. The lowest BCUT2D eigenvalue weighted by molar-refractivity contribution is 0.587. The summed E-state index contributed by atoms with van der Waals surface area (Å²) in [5.74, 6) is 1.35. The SMILES string of the molecule is C/C(N)=C\C=C(/CC(C)C)C(C)C. The fraction of sp³-hybridized carbons (Fsp3) is 0.667. The highest BCUT2D eigenvalue weighted by atomic mass is 14.5. The minimum atomic E-state index is 0.623. The summed E-state index contributed by atoms with van der Waals surface area (Å²) in [7, 11) is 0. The van der Waals surface area contributed by atoms with Crippen LogP contribution in [0.4, 0.5) is 0 Å². The molecule has 1 heteroatoms. The molecule has 0 unspecified atom stereocenters. The molecule has 0 aromatic rings. The third-order valence-corrected chi connectivity index (χ3v) is 1.95. The van der Waals surface area contributed by atoms with Crippen LogP contribution in [0, 0.1) is 11.8 Å². The molecule has 0 fully saturated rings. The van der Waals surface area contributed by atoms with Gasteiger partial charge in [-0.25, -0.2) is 0 Å². The van der Waals surface area contributed by atoms with Gasteiger partial charge in [-0.1, -0.05) is 39.3 Å². The molecular weight excluding hydrogens is 158 g/mol. The summed E-state index contributed by atoms with van der Waals surface area (Å²) in [5, 5.41) is 0. The van der Waals surface area contributed by atoms with Gasteiger partial charge in [0, 0.05) is 5.70 Å². The lowest BCUT2D eigenvalue weighted by atomic mass is 9.93. The quantitative estimate of drug-likeness (QED) is 0.660. The topological polar surface area (TPSA) is 26.0 Å². The molecule has 0 saturated carbocycles. The van der Waals surface area contributed by atoms with Gasteiger partial charge in [0.2, 0.25) is 0 Å². The van der Waals surface area contributed by atoms with E-state index < -0.39 is 0 Å². The summed E-state index contributed by atoms with van der Waals surface area (Å²) < 4.78 is 0. The molecule has 0 aliphatic heterocycles. The molecule has 0 aliphatic rings. The Labute approximate surface area is 82.7 Å². The van der Waals surface area contributed by atoms with E-state index in [0.29, 0.717) is 5.92 Å². The van der Waals surface area contributed by atoms with E-state index in [-0.39, 0.29) is 0 Å². The van der Waals surface area contributed by atoms with Crippen molar-refractivity contribution in [2.24, 2.45) is 17.6 Å². The van der Waals surface area contributed by atoms with Crippen molar-refractivity contribution in [3.63, 3.8) is 0 Å². The smallest absolute Gasteiger partial charge is 0.00488 e. The second-order valence-electron chi connectivity index (χ2n) is 4.40. The lowest BCUT2D eigenvalue weighted by Gasteiger charge is -2.13. The van der Waals surface area contributed by atoms with Crippen molar-refractivity contribution < 1.29 is 0 Å². The zero-order valence-corrected chi connectivity index (χ0v) is 9.59. The van der Waals surface area contributed by atoms with E-state index in [1.807, 2.05) is 13.0 Å². The molecule has 0 saturated heterocycles. The number of allylic oxidation sites excluding steroid dienone is 4. The summed E-state index contributed by atoms with van der Waals surface area (Å²) in [6.45, 7) is 10.9. The minimum Gasteiger partial charge on any atom is -0.402 e. The Bertz CT molecular complexity index is 193. The van der Waals surface area contributed by atoms with Gasteiger partial charge in [0.05, 0.1) is 0 Å². The predicted octanol–water partition coefficient (Wildman–Crippen LogP) is 3.48. The first-order chi connectivity index (χ1) is 5.93.